The first kappa shape index (κ1) is 38.8. The van der Waals surface area contributed by atoms with Gasteiger partial charge in [0.05, 0.1) is 11.1 Å². The Balaban J connectivity index is 1.49. The second-order valence-corrected chi connectivity index (χ2v) is 15.3. The van der Waals surface area contributed by atoms with Crippen molar-refractivity contribution in [3.8, 4) is 0 Å². The standard InChI is InChI=1S/C40H33F13N2/c1-18-5-25(38(45,46)47)14-27(7-18)54(28-8-19(2)6-26(15-28)39(48,49)50)29-9-21(4)30(10-20(29)3)55(37-16-22-11-23(17-37)13-24(37)12-22)36-34(43)32(41)31(40(51,52)53)33(42)35(36)44/h5-10,14-15,22-24H,11-13,16-17H2,1-4H3. The molecule has 294 valence electrons. The van der Waals surface area contributed by atoms with Gasteiger partial charge in [-0.3, -0.25) is 0 Å². The van der Waals surface area contributed by atoms with Gasteiger partial charge < -0.3 is 9.80 Å². The lowest BCUT2D eigenvalue weighted by Crippen LogP contribution is -2.48. The van der Waals surface area contributed by atoms with E-state index in [1.807, 2.05) is 0 Å². The zero-order chi connectivity index (χ0) is 40.3. The highest BCUT2D eigenvalue weighted by molar-refractivity contribution is 5.83. The van der Waals surface area contributed by atoms with E-state index < -0.39 is 69.7 Å². The van der Waals surface area contributed by atoms with Crippen LogP contribution in [0.4, 0.5) is 85.5 Å². The van der Waals surface area contributed by atoms with Crippen LogP contribution in [0.2, 0.25) is 0 Å². The maximum Gasteiger partial charge on any atom is 0.422 e. The Morgan fingerprint density at radius 2 is 0.964 bits per heavy atom. The third kappa shape index (κ3) is 6.48. The lowest BCUT2D eigenvalue weighted by molar-refractivity contribution is -0.143. The van der Waals surface area contributed by atoms with E-state index in [0.717, 1.165) is 35.6 Å². The number of hydrogen-bond acceptors (Lipinski definition) is 2. The SMILES string of the molecule is Cc1cc(N(c2cc(C)cc(C(F)(F)F)c2)c2cc(C)c(N(c3c(F)c(F)c(C(F)(F)F)c(F)c3F)C34CC5CC(CC3C5)C4)cc2C)cc(C(F)(F)F)c1. The normalized spacial score (nSPS) is 22.2. The molecule has 0 aliphatic heterocycles. The first-order valence-electron chi connectivity index (χ1n) is 17.4. The minimum Gasteiger partial charge on any atom is -0.330 e. The Labute approximate surface area is 307 Å². The molecule has 4 fully saturated rings. The van der Waals surface area contributed by atoms with Gasteiger partial charge in [-0.05, 0) is 148 Å². The summed E-state index contributed by atoms with van der Waals surface area (Å²) in [4.78, 5) is 2.26. The summed E-state index contributed by atoms with van der Waals surface area (Å²) in [6, 6.07) is 8.66. The van der Waals surface area contributed by atoms with Gasteiger partial charge in [0.1, 0.15) is 11.3 Å². The largest absolute Gasteiger partial charge is 0.422 e. The van der Waals surface area contributed by atoms with Gasteiger partial charge in [0, 0.05) is 28.3 Å². The lowest BCUT2D eigenvalue weighted by atomic mass is 9.79. The highest BCUT2D eigenvalue weighted by Gasteiger charge is 2.62. The molecule has 0 heterocycles. The fourth-order valence-electron chi connectivity index (χ4n) is 9.57. The van der Waals surface area contributed by atoms with Crippen LogP contribution in [-0.2, 0) is 18.5 Å². The van der Waals surface area contributed by atoms with Crippen molar-refractivity contribution in [1.29, 1.82) is 0 Å². The number of nitrogens with zero attached hydrogens (tertiary/aromatic N) is 2. The van der Waals surface area contributed by atoms with Crippen molar-refractivity contribution >= 4 is 28.4 Å². The number of anilines is 5. The molecular weight excluding hydrogens is 755 g/mol. The van der Waals surface area contributed by atoms with Crippen molar-refractivity contribution in [3.05, 3.63) is 111 Å². The molecule has 4 aliphatic rings. The predicted octanol–water partition coefficient (Wildman–Crippen LogP) is 13.7. The van der Waals surface area contributed by atoms with Crippen LogP contribution >= 0.6 is 0 Å². The smallest absolute Gasteiger partial charge is 0.330 e. The van der Waals surface area contributed by atoms with Crippen LogP contribution < -0.4 is 9.80 Å². The quantitative estimate of drug-likeness (QED) is 0.142. The second kappa shape index (κ2) is 12.8. The Hall–Kier alpha value is -4.43. The third-order valence-corrected chi connectivity index (χ3v) is 11.4. The number of halogens is 13. The molecule has 4 aliphatic carbocycles. The predicted molar refractivity (Wildman–Crippen MR) is 180 cm³/mol. The van der Waals surface area contributed by atoms with Gasteiger partial charge in [-0.1, -0.05) is 0 Å². The number of benzene rings is 4. The number of hydrogen-bond donors (Lipinski definition) is 0. The van der Waals surface area contributed by atoms with E-state index in [-0.39, 0.29) is 62.8 Å². The maximum absolute atomic E-state index is 16.1. The molecular formula is C40H33F13N2. The van der Waals surface area contributed by atoms with E-state index in [1.165, 1.54) is 56.9 Å². The van der Waals surface area contributed by atoms with Crippen molar-refractivity contribution < 1.29 is 57.1 Å². The van der Waals surface area contributed by atoms with E-state index in [1.54, 1.807) is 0 Å². The van der Waals surface area contributed by atoms with E-state index in [0.29, 0.717) is 25.7 Å². The Bertz CT molecular complexity index is 2090. The van der Waals surface area contributed by atoms with Crippen LogP contribution in [0.1, 0.15) is 71.0 Å². The average Bonchev–Trinajstić information content (AvgIpc) is 3.45. The molecule has 4 aromatic carbocycles. The zero-order valence-electron chi connectivity index (χ0n) is 29.7. The summed E-state index contributed by atoms with van der Waals surface area (Å²) in [5.74, 6) is -9.82. The summed E-state index contributed by atoms with van der Waals surface area (Å²) in [5, 5.41) is 0. The highest BCUT2D eigenvalue weighted by Crippen LogP contribution is 2.65. The van der Waals surface area contributed by atoms with Crippen LogP contribution in [0.15, 0.2) is 48.5 Å². The Kier molecular flexibility index (Phi) is 9.04. The molecule has 4 bridgehead atoms. The van der Waals surface area contributed by atoms with Crippen LogP contribution in [0.25, 0.3) is 0 Å². The van der Waals surface area contributed by atoms with E-state index >= 15 is 17.6 Å². The number of alkyl halides is 9. The Morgan fingerprint density at radius 3 is 1.40 bits per heavy atom. The van der Waals surface area contributed by atoms with Gasteiger partial charge >= 0.3 is 18.5 Å². The molecule has 4 saturated carbocycles. The third-order valence-electron chi connectivity index (χ3n) is 11.4. The van der Waals surface area contributed by atoms with E-state index in [4.69, 9.17) is 0 Å². The Morgan fingerprint density at radius 1 is 0.527 bits per heavy atom. The lowest BCUT2D eigenvalue weighted by Gasteiger charge is -2.46. The number of aryl methyl sites for hydroxylation is 4. The molecule has 0 amide bonds. The molecule has 0 spiro atoms. The molecule has 0 aromatic heterocycles. The monoisotopic (exact) mass is 788 g/mol. The molecule has 0 radical (unpaired) electrons. The van der Waals surface area contributed by atoms with E-state index in [2.05, 4.69) is 0 Å². The molecule has 0 N–H and O–H groups in total. The maximum atomic E-state index is 16.1. The van der Waals surface area contributed by atoms with Gasteiger partial charge in [-0.2, -0.15) is 39.5 Å². The van der Waals surface area contributed by atoms with Crippen molar-refractivity contribution in [2.75, 3.05) is 9.80 Å². The van der Waals surface area contributed by atoms with Crippen molar-refractivity contribution in [2.24, 2.45) is 17.8 Å². The van der Waals surface area contributed by atoms with Gasteiger partial charge in [0.15, 0.2) is 23.3 Å². The average molecular weight is 789 g/mol. The van der Waals surface area contributed by atoms with Crippen molar-refractivity contribution in [3.63, 3.8) is 0 Å². The summed E-state index contributed by atoms with van der Waals surface area (Å²) in [6.07, 6.45) is -12.8. The molecule has 2 unspecified atom stereocenters. The van der Waals surface area contributed by atoms with Gasteiger partial charge in [0.25, 0.3) is 0 Å². The first-order valence-corrected chi connectivity index (χ1v) is 17.4. The summed E-state index contributed by atoms with van der Waals surface area (Å²) in [6.45, 7) is 5.63. The van der Waals surface area contributed by atoms with E-state index in [9.17, 15) is 39.5 Å². The van der Waals surface area contributed by atoms with Gasteiger partial charge in [-0.25, -0.2) is 17.6 Å². The summed E-state index contributed by atoms with van der Waals surface area (Å²) >= 11 is 0. The van der Waals surface area contributed by atoms with Crippen LogP contribution in [0.5, 0.6) is 0 Å². The van der Waals surface area contributed by atoms with Crippen molar-refractivity contribution in [2.45, 2.75) is 83.9 Å². The second-order valence-electron chi connectivity index (χ2n) is 15.3. The van der Waals surface area contributed by atoms with Crippen LogP contribution in [0.3, 0.4) is 0 Å². The molecule has 55 heavy (non-hydrogen) atoms. The fourth-order valence-corrected chi connectivity index (χ4v) is 9.57. The topological polar surface area (TPSA) is 6.48 Å². The molecule has 8 rings (SSSR count). The van der Waals surface area contributed by atoms with Gasteiger partial charge in [0.2, 0.25) is 0 Å². The molecule has 2 nitrogen and oxygen atoms in total. The molecule has 2 atom stereocenters. The summed E-state index contributed by atoms with van der Waals surface area (Å²) in [7, 11) is 0. The fraction of sp³-hybridized carbons (Fsp3) is 0.400. The number of rotatable bonds is 6. The van der Waals surface area contributed by atoms with Crippen molar-refractivity contribution in [1.82, 2.24) is 0 Å². The summed E-state index contributed by atoms with van der Waals surface area (Å²) < 4.78 is 188. The summed E-state index contributed by atoms with van der Waals surface area (Å²) in [5.41, 5.74) is -7.20. The van der Waals surface area contributed by atoms with Crippen LogP contribution in [-0.4, -0.2) is 5.54 Å². The molecule has 15 heteroatoms. The van der Waals surface area contributed by atoms with Crippen LogP contribution in [0, 0.1) is 68.7 Å². The minimum absolute atomic E-state index is 0.0359. The first-order chi connectivity index (χ1) is 25.4. The minimum atomic E-state index is -5.77. The highest BCUT2D eigenvalue weighted by atomic mass is 19.4. The molecule has 0 saturated heterocycles. The molecule has 4 aromatic rings. The van der Waals surface area contributed by atoms with Gasteiger partial charge in [-0.15, -0.1) is 0 Å². The zero-order valence-corrected chi connectivity index (χ0v) is 29.7.